The highest BCUT2D eigenvalue weighted by molar-refractivity contribution is 5.32. The van der Waals surface area contributed by atoms with E-state index in [-0.39, 0.29) is 0 Å². The first-order chi connectivity index (χ1) is 9.72. The lowest BCUT2D eigenvalue weighted by Gasteiger charge is -2.21. The van der Waals surface area contributed by atoms with Crippen LogP contribution in [0.25, 0.3) is 0 Å². The molecule has 2 fully saturated rings. The second kappa shape index (κ2) is 6.08. The Labute approximate surface area is 122 Å². The summed E-state index contributed by atoms with van der Waals surface area (Å²) >= 11 is 0. The maximum atomic E-state index is 4.69. The summed E-state index contributed by atoms with van der Waals surface area (Å²) in [6.45, 7) is 4.10. The van der Waals surface area contributed by atoms with Crippen molar-refractivity contribution in [2.75, 3.05) is 18.5 Å². The number of hydrogen-bond acceptors (Lipinski definition) is 4. The van der Waals surface area contributed by atoms with Crippen LogP contribution in [0, 0.1) is 12.8 Å². The maximum absolute atomic E-state index is 4.69. The van der Waals surface area contributed by atoms with Crippen LogP contribution in [-0.4, -0.2) is 29.6 Å². The first-order valence-corrected chi connectivity index (χ1v) is 7.99. The topological polar surface area (TPSA) is 41.1 Å². The summed E-state index contributed by atoms with van der Waals surface area (Å²) in [7, 11) is 2.12. The molecule has 20 heavy (non-hydrogen) atoms. The van der Waals surface area contributed by atoms with Gasteiger partial charge >= 0.3 is 0 Å². The molecule has 0 spiro atoms. The molecule has 0 bridgehead atoms. The normalized spacial score (nSPS) is 19.5. The monoisotopic (exact) mass is 274 g/mol. The van der Waals surface area contributed by atoms with Crippen molar-refractivity contribution in [3.8, 4) is 0 Å². The summed E-state index contributed by atoms with van der Waals surface area (Å²) in [6, 6.07) is 0.735. The third-order valence-corrected chi connectivity index (χ3v) is 4.58. The molecule has 0 radical (unpaired) electrons. The number of nitrogens with one attached hydrogen (secondary N) is 1. The van der Waals surface area contributed by atoms with Crippen LogP contribution in [-0.2, 0) is 6.54 Å². The molecule has 2 aliphatic carbocycles. The Morgan fingerprint density at radius 1 is 1.25 bits per heavy atom. The van der Waals surface area contributed by atoms with Crippen LogP contribution in [0.1, 0.15) is 49.8 Å². The molecule has 1 aromatic rings. The summed E-state index contributed by atoms with van der Waals surface area (Å²) in [6.07, 6.45) is 10.2. The van der Waals surface area contributed by atoms with Crippen molar-refractivity contribution in [1.82, 2.24) is 15.3 Å². The summed E-state index contributed by atoms with van der Waals surface area (Å²) in [5, 5.41) is 3.53. The standard InChI is InChI=1S/C16H26N4/c1-12-14(9-17-15-7-8-15)10-18-16(19-12)20(2)11-13-5-3-4-6-13/h10,13,15,17H,3-9,11H2,1-2H3. The fourth-order valence-electron chi connectivity index (χ4n) is 3.04. The quantitative estimate of drug-likeness (QED) is 0.866. The number of rotatable bonds is 6. The molecular weight excluding hydrogens is 248 g/mol. The summed E-state index contributed by atoms with van der Waals surface area (Å²) in [4.78, 5) is 11.5. The van der Waals surface area contributed by atoms with Gasteiger partial charge in [0.2, 0.25) is 5.95 Å². The lowest BCUT2D eigenvalue weighted by atomic mass is 10.1. The molecule has 2 saturated carbocycles. The van der Waals surface area contributed by atoms with Crippen LogP contribution in [0.3, 0.4) is 0 Å². The zero-order valence-corrected chi connectivity index (χ0v) is 12.7. The summed E-state index contributed by atoms with van der Waals surface area (Å²) < 4.78 is 0. The fourth-order valence-corrected chi connectivity index (χ4v) is 3.04. The van der Waals surface area contributed by atoms with Crippen LogP contribution in [0.4, 0.5) is 5.95 Å². The van der Waals surface area contributed by atoms with E-state index in [9.17, 15) is 0 Å². The lowest BCUT2D eigenvalue weighted by molar-refractivity contribution is 0.542. The van der Waals surface area contributed by atoms with Crippen LogP contribution in [0.5, 0.6) is 0 Å². The highest BCUT2D eigenvalue weighted by Gasteiger charge is 2.21. The molecular formula is C16H26N4. The third kappa shape index (κ3) is 3.48. The minimum atomic E-state index is 0.735. The Morgan fingerprint density at radius 3 is 2.65 bits per heavy atom. The van der Waals surface area contributed by atoms with Gasteiger partial charge in [0.05, 0.1) is 0 Å². The predicted molar refractivity (Wildman–Crippen MR) is 81.9 cm³/mol. The van der Waals surface area contributed by atoms with Gasteiger partial charge < -0.3 is 10.2 Å². The second-order valence-corrected chi connectivity index (χ2v) is 6.47. The third-order valence-electron chi connectivity index (χ3n) is 4.58. The molecule has 0 saturated heterocycles. The van der Waals surface area contributed by atoms with Crippen LogP contribution in [0.2, 0.25) is 0 Å². The van der Waals surface area contributed by atoms with Gasteiger partial charge in [-0.15, -0.1) is 0 Å². The SMILES string of the molecule is Cc1nc(N(C)CC2CCCC2)ncc1CNC1CC1. The van der Waals surface area contributed by atoms with Gasteiger partial charge in [0.1, 0.15) is 0 Å². The van der Waals surface area contributed by atoms with Crippen molar-refractivity contribution in [3.63, 3.8) is 0 Å². The molecule has 1 heterocycles. The Hall–Kier alpha value is -1.16. The molecule has 0 unspecified atom stereocenters. The first kappa shape index (κ1) is 13.8. The second-order valence-electron chi connectivity index (χ2n) is 6.47. The molecule has 3 rings (SSSR count). The summed E-state index contributed by atoms with van der Waals surface area (Å²) in [5.41, 5.74) is 2.34. The molecule has 0 aliphatic heterocycles. The lowest BCUT2D eigenvalue weighted by Crippen LogP contribution is -2.26. The van der Waals surface area contributed by atoms with Gasteiger partial charge in [-0.25, -0.2) is 9.97 Å². The van der Waals surface area contributed by atoms with Gasteiger partial charge in [0, 0.05) is 43.6 Å². The van der Waals surface area contributed by atoms with Gasteiger partial charge in [-0.1, -0.05) is 12.8 Å². The van der Waals surface area contributed by atoms with Crippen LogP contribution >= 0.6 is 0 Å². The maximum Gasteiger partial charge on any atom is 0.225 e. The van der Waals surface area contributed by atoms with Crippen molar-refractivity contribution >= 4 is 5.95 Å². The van der Waals surface area contributed by atoms with Gasteiger partial charge in [-0.05, 0) is 38.5 Å². The molecule has 0 aromatic carbocycles. The molecule has 4 heteroatoms. The number of aromatic nitrogens is 2. The number of nitrogens with zero attached hydrogens (tertiary/aromatic N) is 3. The minimum absolute atomic E-state index is 0.735. The first-order valence-electron chi connectivity index (χ1n) is 7.99. The molecule has 4 nitrogen and oxygen atoms in total. The van der Waals surface area contributed by atoms with E-state index in [0.717, 1.165) is 36.7 Å². The average molecular weight is 274 g/mol. The molecule has 1 aromatic heterocycles. The largest absolute Gasteiger partial charge is 0.344 e. The van der Waals surface area contributed by atoms with E-state index >= 15 is 0 Å². The molecule has 0 amide bonds. The Kier molecular flexibility index (Phi) is 4.20. The molecule has 2 aliphatic rings. The van der Waals surface area contributed by atoms with Gasteiger partial charge in [0.25, 0.3) is 0 Å². The van der Waals surface area contributed by atoms with E-state index in [2.05, 4.69) is 34.2 Å². The van der Waals surface area contributed by atoms with Crippen LogP contribution in [0.15, 0.2) is 6.20 Å². The minimum Gasteiger partial charge on any atom is -0.344 e. The van der Waals surface area contributed by atoms with Crippen molar-refractivity contribution in [3.05, 3.63) is 17.5 Å². The number of aryl methyl sites for hydroxylation is 1. The van der Waals surface area contributed by atoms with Crippen molar-refractivity contribution in [1.29, 1.82) is 0 Å². The van der Waals surface area contributed by atoms with Gasteiger partial charge in [0.15, 0.2) is 0 Å². The Balaban J connectivity index is 1.59. The van der Waals surface area contributed by atoms with E-state index in [1.165, 1.54) is 44.1 Å². The fraction of sp³-hybridized carbons (Fsp3) is 0.750. The molecule has 0 atom stereocenters. The van der Waals surface area contributed by atoms with Crippen LogP contribution < -0.4 is 10.2 Å². The van der Waals surface area contributed by atoms with E-state index in [4.69, 9.17) is 0 Å². The highest BCUT2D eigenvalue weighted by atomic mass is 15.2. The van der Waals surface area contributed by atoms with E-state index in [1.807, 2.05) is 6.20 Å². The Bertz CT molecular complexity index is 450. The zero-order chi connectivity index (χ0) is 13.9. The smallest absolute Gasteiger partial charge is 0.225 e. The molecule has 1 N–H and O–H groups in total. The van der Waals surface area contributed by atoms with Gasteiger partial charge in [-0.2, -0.15) is 0 Å². The highest BCUT2D eigenvalue weighted by Crippen LogP contribution is 2.26. The predicted octanol–water partition coefficient (Wildman–Crippen LogP) is 2.66. The van der Waals surface area contributed by atoms with Gasteiger partial charge in [-0.3, -0.25) is 0 Å². The van der Waals surface area contributed by atoms with Crippen molar-refractivity contribution in [2.45, 2.75) is 58.0 Å². The van der Waals surface area contributed by atoms with E-state index in [1.54, 1.807) is 0 Å². The van der Waals surface area contributed by atoms with E-state index in [0.29, 0.717) is 0 Å². The van der Waals surface area contributed by atoms with E-state index < -0.39 is 0 Å². The zero-order valence-electron chi connectivity index (χ0n) is 12.7. The Morgan fingerprint density at radius 2 is 2.00 bits per heavy atom. The number of hydrogen-bond donors (Lipinski definition) is 1. The van der Waals surface area contributed by atoms with Crippen molar-refractivity contribution in [2.24, 2.45) is 5.92 Å². The summed E-state index contributed by atoms with van der Waals surface area (Å²) in [5.74, 6) is 1.71. The van der Waals surface area contributed by atoms with Crippen molar-refractivity contribution < 1.29 is 0 Å². The average Bonchev–Trinajstić information content (AvgIpc) is 3.13. The molecule has 110 valence electrons. The number of anilines is 1.